The average molecular weight is 298 g/mol. The molecule has 0 amide bonds. The van der Waals surface area contributed by atoms with Crippen LogP contribution in [-0.4, -0.2) is 6.54 Å². The number of thiophene rings is 1. The Morgan fingerprint density at radius 3 is 2.67 bits per heavy atom. The van der Waals surface area contributed by atoms with E-state index in [4.69, 9.17) is 17.3 Å². The van der Waals surface area contributed by atoms with E-state index >= 15 is 0 Å². The Labute approximate surface area is 121 Å². The molecule has 1 unspecified atom stereocenters. The van der Waals surface area contributed by atoms with E-state index in [-0.39, 0.29) is 5.25 Å². The minimum atomic E-state index is 0.281. The van der Waals surface area contributed by atoms with E-state index in [1.165, 1.54) is 20.9 Å². The SMILES string of the molecule is Cc1ccc(C)c(SC(CN)c2ccc(Cl)s2)c1. The van der Waals surface area contributed by atoms with Crippen LogP contribution in [0.5, 0.6) is 0 Å². The monoisotopic (exact) mass is 297 g/mol. The molecule has 1 aromatic heterocycles. The van der Waals surface area contributed by atoms with Gasteiger partial charge in [-0.3, -0.25) is 0 Å². The van der Waals surface area contributed by atoms with Crippen LogP contribution in [-0.2, 0) is 0 Å². The highest BCUT2D eigenvalue weighted by molar-refractivity contribution is 7.99. The molecule has 0 aliphatic carbocycles. The summed E-state index contributed by atoms with van der Waals surface area (Å²) in [5.74, 6) is 0. The Bertz CT molecular complexity index is 536. The quantitative estimate of drug-likeness (QED) is 0.820. The van der Waals surface area contributed by atoms with Gasteiger partial charge in [-0.05, 0) is 37.6 Å². The minimum absolute atomic E-state index is 0.281. The van der Waals surface area contributed by atoms with Crippen LogP contribution >= 0.6 is 34.7 Å². The summed E-state index contributed by atoms with van der Waals surface area (Å²) in [6.45, 7) is 4.87. The Morgan fingerprint density at radius 2 is 2.06 bits per heavy atom. The summed E-state index contributed by atoms with van der Waals surface area (Å²) < 4.78 is 0.824. The highest BCUT2D eigenvalue weighted by atomic mass is 35.5. The molecule has 0 saturated carbocycles. The van der Waals surface area contributed by atoms with Crippen molar-refractivity contribution in [2.45, 2.75) is 24.0 Å². The first-order valence-corrected chi connectivity index (χ1v) is 7.87. The van der Waals surface area contributed by atoms with Crippen molar-refractivity contribution in [1.29, 1.82) is 0 Å². The van der Waals surface area contributed by atoms with Crippen LogP contribution in [0.4, 0.5) is 0 Å². The van der Waals surface area contributed by atoms with Gasteiger partial charge in [0.1, 0.15) is 0 Å². The van der Waals surface area contributed by atoms with E-state index in [9.17, 15) is 0 Å². The van der Waals surface area contributed by atoms with Crippen molar-refractivity contribution >= 4 is 34.7 Å². The summed E-state index contributed by atoms with van der Waals surface area (Å²) in [7, 11) is 0. The maximum absolute atomic E-state index is 5.99. The maximum atomic E-state index is 5.99. The third-order valence-electron chi connectivity index (χ3n) is 2.74. The maximum Gasteiger partial charge on any atom is 0.0931 e. The number of hydrogen-bond donors (Lipinski definition) is 1. The van der Waals surface area contributed by atoms with Gasteiger partial charge in [0.25, 0.3) is 0 Å². The van der Waals surface area contributed by atoms with Crippen molar-refractivity contribution in [3.63, 3.8) is 0 Å². The molecule has 0 radical (unpaired) electrons. The largest absolute Gasteiger partial charge is 0.329 e. The molecule has 0 fully saturated rings. The van der Waals surface area contributed by atoms with Crippen LogP contribution in [0, 0.1) is 13.8 Å². The lowest BCUT2D eigenvalue weighted by atomic mass is 10.2. The average Bonchev–Trinajstić information content (AvgIpc) is 2.77. The molecule has 4 heteroatoms. The second kappa shape index (κ2) is 6.11. The first-order valence-electron chi connectivity index (χ1n) is 5.79. The lowest BCUT2D eigenvalue weighted by Gasteiger charge is -2.14. The van der Waals surface area contributed by atoms with Gasteiger partial charge >= 0.3 is 0 Å². The number of halogens is 1. The molecule has 1 heterocycles. The van der Waals surface area contributed by atoms with Crippen LogP contribution < -0.4 is 5.73 Å². The van der Waals surface area contributed by atoms with Crippen molar-refractivity contribution in [1.82, 2.24) is 0 Å². The molecular formula is C14H16ClNS2. The molecular weight excluding hydrogens is 282 g/mol. The molecule has 1 atom stereocenters. The van der Waals surface area contributed by atoms with Crippen molar-refractivity contribution in [3.8, 4) is 0 Å². The van der Waals surface area contributed by atoms with Gasteiger partial charge in [-0.2, -0.15) is 0 Å². The molecule has 0 bridgehead atoms. The number of hydrogen-bond acceptors (Lipinski definition) is 3. The highest BCUT2D eigenvalue weighted by Gasteiger charge is 2.15. The van der Waals surface area contributed by atoms with Gasteiger partial charge in [0.05, 0.1) is 9.59 Å². The summed E-state index contributed by atoms with van der Waals surface area (Å²) in [6.07, 6.45) is 0. The summed E-state index contributed by atoms with van der Waals surface area (Å²) in [5.41, 5.74) is 8.47. The van der Waals surface area contributed by atoms with Crippen LogP contribution in [0.1, 0.15) is 21.3 Å². The van der Waals surface area contributed by atoms with Gasteiger partial charge in [-0.15, -0.1) is 23.1 Å². The molecule has 96 valence electrons. The first kappa shape index (κ1) is 13.9. The summed E-state index contributed by atoms with van der Waals surface area (Å²) >= 11 is 9.43. The normalized spacial score (nSPS) is 12.7. The lowest BCUT2D eigenvalue weighted by molar-refractivity contribution is 0.959. The van der Waals surface area contributed by atoms with Crippen molar-refractivity contribution < 1.29 is 0 Å². The molecule has 0 saturated heterocycles. The fourth-order valence-electron chi connectivity index (χ4n) is 1.71. The Morgan fingerprint density at radius 1 is 1.28 bits per heavy atom. The standard InChI is InChI=1S/C14H16ClNS2/c1-9-3-4-10(2)12(7-9)17-13(8-16)11-5-6-14(15)18-11/h3-7,13H,8,16H2,1-2H3. The van der Waals surface area contributed by atoms with Gasteiger partial charge in [-0.1, -0.05) is 29.3 Å². The molecule has 1 nitrogen and oxygen atoms in total. The van der Waals surface area contributed by atoms with Crippen LogP contribution in [0.25, 0.3) is 0 Å². The van der Waals surface area contributed by atoms with Crippen molar-refractivity contribution in [3.05, 3.63) is 50.7 Å². The molecule has 0 spiro atoms. The third kappa shape index (κ3) is 3.29. The zero-order valence-electron chi connectivity index (χ0n) is 10.4. The van der Waals surface area contributed by atoms with Crippen LogP contribution in [0.3, 0.4) is 0 Å². The number of rotatable bonds is 4. The third-order valence-corrected chi connectivity index (χ3v) is 5.66. The van der Waals surface area contributed by atoms with E-state index in [1.54, 1.807) is 11.3 Å². The van der Waals surface area contributed by atoms with Crippen LogP contribution in [0.15, 0.2) is 35.2 Å². The Balaban J connectivity index is 2.22. The summed E-state index contributed by atoms with van der Waals surface area (Å²) in [4.78, 5) is 2.54. The fraction of sp³-hybridized carbons (Fsp3) is 0.286. The highest BCUT2D eigenvalue weighted by Crippen LogP contribution is 2.40. The zero-order valence-corrected chi connectivity index (χ0v) is 12.8. The van der Waals surface area contributed by atoms with Gasteiger partial charge < -0.3 is 5.73 Å². The molecule has 0 aliphatic rings. The minimum Gasteiger partial charge on any atom is -0.329 e. The topological polar surface area (TPSA) is 26.0 Å². The van der Waals surface area contributed by atoms with Crippen LogP contribution in [0.2, 0.25) is 4.34 Å². The second-order valence-electron chi connectivity index (χ2n) is 4.25. The van der Waals surface area contributed by atoms with Crippen molar-refractivity contribution in [2.75, 3.05) is 6.54 Å². The first-order chi connectivity index (χ1) is 8.60. The van der Waals surface area contributed by atoms with E-state index in [2.05, 4.69) is 38.1 Å². The number of benzene rings is 1. The Hall–Kier alpha value is -0.480. The van der Waals surface area contributed by atoms with Gasteiger partial charge in [-0.25, -0.2) is 0 Å². The molecule has 2 rings (SSSR count). The Kier molecular flexibility index (Phi) is 4.73. The predicted octanol–water partition coefficient (Wildman–Crippen LogP) is 4.81. The number of nitrogens with two attached hydrogens (primary N) is 1. The van der Waals surface area contributed by atoms with Gasteiger partial charge in [0.2, 0.25) is 0 Å². The second-order valence-corrected chi connectivity index (χ2v) is 7.24. The van der Waals surface area contributed by atoms with E-state index in [0.717, 1.165) is 4.34 Å². The fourth-order valence-corrected chi connectivity index (χ4v) is 4.16. The molecule has 0 aliphatic heterocycles. The summed E-state index contributed by atoms with van der Waals surface area (Å²) in [6, 6.07) is 10.5. The van der Waals surface area contributed by atoms with Gasteiger partial charge in [0.15, 0.2) is 0 Å². The molecule has 2 aromatic rings. The zero-order chi connectivity index (χ0) is 13.1. The smallest absolute Gasteiger partial charge is 0.0931 e. The van der Waals surface area contributed by atoms with Crippen molar-refractivity contribution in [2.24, 2.45) is 5.73 Å². The lowest BCUT2D eigenvalue weighted by Crippen LogP contribution is -2.08. The van der Waals surface area contributed by atoms with E-state index < -0.39 is 0 Å². The van der Waals surface area contributed by atoms with E-state index in [1.807, 2.05) is 17.8 Å². The molecule has 1 aromatic carbocycles. The van der Waals surface area contributed by atoms with Gasteiger partial charge in [0, 0.05) is 16.3 Å². The number of thioether (sulfide) groups is 1. The number of aryl methyl sites for hydroxylation is 2. The molecule has 18 heavy (non-hydrogen) atoms. The predicted molar refractivity (Wildman–Crippen MR) is 82.9 cm³/mol. The molecule has 2 N–H and O–H groups in total. The van der Waals surface area contributed by atoms with E-state index in [0.29, 0.717) is 6.54 Å². The summed E-state index contributed by atoms with van der Waals surface area (Å²) in [5, 5.41) is 0.281.